The van der Waals surface area contributed by atoms with Crippen LogP contribution in [0.2, 0.25) is 0 Å². The van der Waals surface area contributed by atoms with Crippen LogP contribution in [-0.2, 0) is 14.8 Å². The first kappa shape index (κ1) is 14.3. The minimum absolute atomic E-state index is 0.00179. The minimum atomic E-state index is -3.53. The summed E-state index contributed by atoms with van der Waals surface area (Å²) in [4.78, 5) is 11.4. The maximum absolute atomic E-state index is 11.4. The van der Waals surface area contributed by atoms with Crippen LogP contribution in [0.1, 0.15) is 20.3 Å². The van der Waals surface area contributed by atoms with E-state index in [2.05, 4.69) is 5.32 Å². The maximum atomic E-state index is 11.4. The third-order valence-electron chi connectivity index (χ3n) is 2.25. The Morgan fingerprint density at radius 3 is 2.40 bits per heavy atom. The van der Waals surface area contributed by atoms with Crippen molar-refractivity contribution in [3.05, 3.63) is 0 Å². The lowest BCUT2D eigenvalue weighted by Crippen LogP contribution is -2.46. The molecule has 0 aromatic heterocycles. The number of hydrogen-bond acceptors (Lipinski definition) is 4. The average Bonchev–Trinajstić information content (AvgIpc) is 2.13. The monoisotopic (exact) mass is 237 g/mol. The van der Waals surface area contributed by atoms with Gasteiger partial charge in [-0.3, -0.25) is 4.79 Å². The molecule has 0 spiro atoms. The zero-order chi connectivity index (χ0) is 12.1. The molecule has 7 heteroatoms. The molecule has 15 heavy (non-hydrogen) atoms. The average molecular weight is 237 g/mol. The van der Waals surface area contributed by atoms with Gasteiger partial charge in [0, 0.05) is 6.54 Å². The first-order valence-corrected chi connectivity index (χ1v) is 6.53. The van der Waals surface area contributed by atoms with Gasteiger partial charge in [-0.05, 0) is 5.92 Å². The number of rotatable bonds is 6. The molecular weight excluding hydrogens is 218 g/mol. The smallest absolute Gasteiger partial charge is 0.237 e. The van der Waals surface area contributed by atoms with Crippen LogP contribution < -0.4 is 16.2 Å². The van der Waals surface area contributed by atoms with Gasteiger partial charge >= 0.3 is 0 Å². The van der Waals surface area contributed by atoms with E-state index in [0.717, 1.165) is 6.42 Å². The first-order valence-electron chi connectivity index (χ1n) is 4.81. The molecule has 0 fully saturated rings. The van der Waals surface area contributed by atoms with Crippen molar-refractivity contribution in [2.24, 2.45) is 16.8 Å². The van der Waals surface area contributed by atoms with E-state index in [-0.39, 0.29) is 24.1 Å². The molecule has 0 bridgehead atoms. The van der Waals surface area contributed by atoms with Crippen LogP contribution in [0.4, 0.5) is 0 Å². The van der Waals surface area contributed by atoms with Gasteiger partial charge in [-0.25, -0.2) is 13.6 Å². The van der Waals surface area contributed by atoms with Crippen LogP contribution >= 0.6 is 0 Å². The SMILES string of the molecule is CCC(C)C(N)C(=O)NCCS(N)(=O)=O. The van der Waals surface area contributed by atoms with Gasteiger partial charge < -0.3 is 11.1 Å². The number of primary sulfonamides is 1. The molecule has 2 unspecified atom stereocenters. The van der Waals surface area contributed by atoms with E-state index in [1.165, 1.54) is 0 Å². The summed E-state index contributed by atoms with van der Waals surface area (Å²) in [5, 5.41) is 7.20. The van der Waals surface area contributed by atoms with Crippen molar-refractivity contribution in [2.45, 2.75) is 26.3 Å². The van der Waals surface area contributed by atoms with Crippen molar-refractivity contribution in [1.82, 2.24) is 5.32 Å². The molecule has 0 radical (unpaired) electrons. The highest BCUT2D eigenvalue weighted by Gasteiger charge is 2.19. The van der Waals surface area contributed by atoms with E-state index in [1.54, 1.807) is 0 Å². The van der Waals surface area contributed by atoms with E-state index in [1.807, 2.05) is 13.8 Å². The fourth-order valence-corrected chi connectivity index (χ4v) is 1.33. The largest absolute Gasteiger partial charge is 0.354 e. The Bertz CT molecular complexity index is 302. The lowest BCUT2D eigenvalue weighted by molar-refractivity contribution is -0.123. The van der Waals surface area contributed by atoms with Crippen molar-refractivity contribution in [3.8, 4) is 0 Å². The molecule has 1 amide bonds. The predicted octanol–water partition coefficient (Wildman–Crippen LogP) is -1.24. The molecule has 0 rings (SSSR count). The van der Waals surface area contributed by atoms with Crippen LogP contribution in [0.15, 0.2) is 0 Å². The molecule has 90 valence electrons. The Labute approximate surface area is 90.4 Å². The molecule has 0 aromatic carbocycles. The molecule has 0 aliphatic rings. The quantitative estimate of drug-likeness (QED) is 0.536. The Kier molecular flexibility index (Phi) is 5.77. The number of nitrogens with one attached hydrogen (secondary N) is 1. The maximum Gasteiger partial charge on any atom is 0.237 e. The highest BCUT2D eigenvalue weighted by molar-refractivity contribution is 7.89. The van der Waals surface area contributed by atoms with Gasteiger partial charge in [-0.1, -0.05) is 20.3 Å². The number of sulfonamides is 1. The van der Waals surface area contributed by atoms with Gasteiger partial charge in [0.2, 0.25) is 15.9 Å². The third-order valence-corrected chi connectivity index (χ3v) is 3.02. The van der Waals surface area contributed by atoms with Crippen LogP contribution in [0.25, 0.3) is 0 Å². The van der Waals surface area contributed by atoms with Gasteiger partial charge in [-0.2, -0.15) is 0 Å². The summed E-state index contributed by atoms with van der Waals surface area (Å²) in [6.07, 6.45) is 0.795. The molecule has 2 atom stereocenters. The van der Waals surface area contributed by atoms with Crippen molar-refractivity contribution in [1.29, 1.82) is 0 Å². The van der Waals surface area contributed by atoms with Gasteiger partial charge in [0.05, 0.1) is 11.8 Å². The summed E-state index contributed by atoms with van der Waals surface area (Å²) < 4.78 is 21.1. The molecule has 0 saturated heterocycles. The number of carbonyl (C=O) groups is 1. The highest BCUT2D eigenvalue weighted by atomic mass is 32.2. The summed E-state index contributed by atoms with van der Waals surface area (Å²) in [5.41, 5.74) is 5.63. The van der Waals surface area contributed by atoms with E-state index >= 15 is 0 Å². The van der Waals surface area contributed by atoms with Crippen LogP contribution in [0.3, 0.4) is 0 Å². The van der Waals surface area contributed by atoms with Crippen molar-refractivity contribution < 1.29 is 13.2 Å². The van der Waals surface area contributed by atoms with Crippen molar-refractivity contribution in [3.63, 3.8) is 0 Å². The summed E-state index contributed by atoms with van der Waals surface area (Å²) >= 11 is 0. The fourth-order valence-electron chi connectivity index (χ4n) is 0.947. The summed E-state index contributed by atoms with van der Waals surface area (Å²) in [7, 11) is -3.53. The normalized spacial score (nSPS) is 15.7. The Morgan fingerprint density at radius 1 is 1.47 bits per heavy atom. The lowest BCUT2D eigenvalue weighted by atomic mass is 9.99. The summed E-state index contributed by atoms with van der Waals surface area (Å²) in [5.74, 6) is -0.543. The van der Waals surface area contributed by atoms with Crippen LogP contribution in [0.5, 0.6) is 0 Å². The second kappa shape index (κ2) is 6.04. The molecule has 0 saturated carbocycles. The molecular formula is C8H19N3O3S. The zero-order valence-corrected chi connectivity index (χ0v) is 9.88. The van der Waals surface area contributed by atoms with Gasteiger partial charge in [-0.15, -0.1) is 0 Å². The van der Waals surface area contributed by atoms with Gasteiger partial charge in [0.15, 0.2) is 0 Å². The molecule has 0 heterocycles. The summed E-state index contributed by atoms with van der Waals surface area (Å²) in [6.45, 7) is 3.80. The predicted molar refractivity (Wildman–Crippen MR) is 58.4 cm³/mol. The number of carbonyl (C=O) groups excluding carboxylic acids is 1. The molecule has 0 aromatic rings. The first-order chi connectivity index (χ1) is 6.78. The topological polar surface area (TPSA) is 115 Å². The molecule has 0 aliphatic carbocycles. The minimum Gasteiger partial charge on any atom is -0.354 e. The second-order valence-corrected chi connectivity index (χ2v) is 5.30. The third kappa shape index (κ3) is 6.43. The Balaban J connectivity index is 3.94. The van der Waals surface area contributed by atoms with E-state index in [4.69, 9.17) is 10.9 Å². The Hall–Kier alpha value is -0.660. The number of amides is 1. The number of nitrogens with two attached hydrogens (primary N) is 2. The molecule has 5 N–H and O–H groups in total. The molecule has 6 nitrogen and oxygen atoms in total. The second-order valence-electron chi connectivity index (χ2n) is 3.57. The van der Waals surface area contributed by atoms with E-state index in [0.29, 0.717) is 0 Å². The van der Waals surface area contributed by atoms with E-state index in [9.17, 15) is 13.2 Å². The van der Waals surface area contributed by atoms with E-state index < -0.39 is 16.1 Å². The van der Waals surface area contributed by atoms with Crippen molar-refractivity contribution >= 4 is 15.9 Å². The van der Waals surface area contributed by atoms with Gasteiger partial charge in [0.25, 0.3) is 0 Å². The van der Waals surface area contributed by atoms with Crippen LogP contribution in [0, 0.1) is 5.92 Å². The van der Waals surface area contributed by atoms with Crippen molar-refractivity contribution in [2.75, 3.05) is 12.3 Å². The number of hydrogen-bond donors (Lipinski definition) is 3. The lowest BCUT2D eigenvalue weighted by Gasteiger charge is -2.17. The fraction of sp³-hybridized carbons (Fsp3) is 0.875. The zero-order valence-electron chi connectivity index (χ0n) is 9.06. The van der Waals surface area contributed by atoms with Gasteiger partial charge in [0.1, 0.15) is 0 Å². The highest BCUT2D eigenvalue weighted by Crippen LogP contribution is 2.04. The molecule has 0 aliphatic heterocycles. The summed E-state index contributed by atoms with van der Waals surface area (Å²) in [6, 6.07) is -0.601. The van der Waals surface area contributed by atoms with Crippen LogP contribution in [-0.4, -0.2) is 32.7 Å². The standard InChI is InChI=1S/C8H19N3O3S/c1-3-6(2)7(9)8(12)11-4-5-15(10,13)14/h6-7H,3-5,9H2,1-2H3,(H,11,12)(H2,10,13,14). The Morgan fingerprint density at radius 2 is 2.00 bits per heavy atom.